The van der Waals surface area contributed by atoms with Crippen molar-refractivity contribution in [2.24, 2.45) is 5.73 Å². The second kappa shape index (κ2) is 8.21. The summed E-state index contributed by atoms with van der Waals surface area (Å²) in [4.78, 5) is 33.7. The monoisotopic (exact) mass is 394 g/mol. The van der Waals surface area contributed by atoms with E-state index < -0.39 is 11.3 Å². The molecule has 2 saturated heterocycles. The Morgan fingerprint density at radius 2 is 1.66 bits per heavy atom. The fraction of sp³-hybridized carbons (Fsp3) is 0.409. The van der Waals surface area contributed by atoms with Gasteiger partial charge in [-0.1, -0.05) is 30.3 Å². The predicted octanol–water partition coefficient (Wildman–Crippen LogP) is 1.58. The summed E-state index contributed by atoms with van der Waals surface area (Å²) in [7, 11) is 0. The molecule has 7 heteroatoms. The van der Waals surface area contributed by atoms with E-state index in [-0.39, 0.29) is 5.91 Å². The Balaban J connectivity index is 1.52. The molecule has 152 valence electrons. The third kappa shape index (κ3) is 3.70. The van der Waals surface area contributed by atoms with E-state index in [0.717, 1.165) is 5.56 Å². The van der Waals surface area contributed by atoms with Crippen molar-refractivity contribution in [3.05, 3.63) is 59.8 Å². The fourth-order valence-corrected chi connectivity index (χ4v) is 4.37. The van der Waals surface area contributed by atoms with Crippen LogP contribution in [0.5, 0.6) is 0 Å². The van der Waals surface area contributed by atoms with E-state index in [1.807, 2.05) is 40.1 Å². The molecule has 0 unspecified atom stereocenters. The first-order valence-electron chi connectivity index (χ1n) is 10.0. The van der Waals surface area contributed by atoms with Gasteiger partial charge in [0.2, 0.25) is 5.91 Å². The van der Waals surface area contributed by atoms with Crippen molar-refractivity contribution in [1.29, 1.82) is 0 Å². The molecule has 2 amide bonds. The van der Waals surface area contributed by atoms with Crippen molar-refractivity contribution in [2.75, 3.05) is 44.3 Å². The summed E-state index contributed by atoms with van der Waals surface area (Å²) in [6, 6.07) is 13.4. The van der Waals surface area contributed by atoms with Crippen molar-refractivity contribution in [2.45, 2.75) is 18.3 Å². The molecule has 0 saturated carbocycles. The minimum atomic E-state index is -0.523. The van der Waals surface area contributed by atoms with Gasteiger partial charge in [-0.25, -0.2) is 4.98 Å². The zero-order valence-corrected chi connectivity index (χ0v) is 16.4. The van der Waals surface area contributed by atoms with E-state index in [1.165, 1.54) is 0 Å². The van der Waals surface area contributed by atoms with Crippen LogP contribution in [0.4, 0.5) is 5.82 Å². The molecule has 0 atom stereocenters. The van der Waals surface area contributed by atoms with Gasteiger partial charge in [0, 0.05) is 45.6 Å². The molecule has 2 aliphatic rings. The number of pyridine rings is 1. The highest BCUT2D eigenvalue weighted by Gasteiger charge is 2.44. The SMILES string of the molecule is NC(=O)c1cccnc1N1CCN(C(=O)C2(c3ccccc3)CCOCC2)CC1. The topological polar surface area (TPSA) is 88.8 Å². The minimum Gasteiger partial charge on any atom is -0.381 e. The number of carbonyl (C=O) groups excluding carboxylic acids is 2. The maximum atomic E-state index is 13.7. The van der Waals surface area contributed by atoms with E-state index in [4.69, 9.17) is 10.5 Å². The summed E-state index contributed by atoms with van der Waals surface area (Å²) < 4.78 is 5.56. The molecule has 2 aromatic rings. The quantitative estimate of drug-likeness (QED) is 0.851. The van der Waals surface area contributed by atoms with Crippen molar-refractivity contribution in [1.82, 2.24) is 9.88 Å². The maximum absolute atomic E-state index is 13.7. The Kier molecular flexibility index (Phi) is 5.49. The second-order valence-corrected chi connectivity index (χ2v) is 7.58. The molecule has 7 nitrogen and oxygen atoms in total. The molecule has 2 fully saturated rings. The maximum Gasteiger partial charge on any atom is 0.252 e. The Labute approximate surface area is 170 Å². The molecule has 0 aliphatic carbocycles. The largest absolute Gasteiger partial charge is 0.381 e. The summed E-state index contributed by atoms with van der Waals surface area (Å²) in [5, 5.41) is 0. The zero-order valence-electron chi connectivity index (χ0n) is 16.4. The van der Waals surface area contributed by atoms with Crippen LogP contribution >= 0.6 is 0 Å². The Bertz CT molecular complexity index is 873. The lowest BCUT2D eigenvalue weighted by atomic mass is 9.73. The average Bonchev–Trinajstić information content (AvgIpc) is 2.79. The van der Waals surface area contributed by atoms with Crippen LogP contribution in [-0.2, 0) is 14.9 Å². The molecule has 0 radical (unpaired) electrons. The molecule has 3 heterocycles. The number of benzene rings is 1. The third-order valence-corrected chi connectivity index (χ3v) is 6.00. The van der Waals surface area contributed by atoms with Crippen molar-refractivity contribution in [3.63, 3.8) is 0 Å². The highest BCUT2D eigenvalue weighted by molar-refractivity contribution is 5.97. The van der Waals surface area contributed by atoms with Gasteiger partial charge in [0.15, 0.2) is 0 Å². The Morgan fingerprint density at radius 3 is 2.31 bits per heavy atom. The van der Waals surface area contributed by atoms with Gasteiger partial charge in [-0.2, -0.15) is 0 Å². The highest BCUT2D eigenvalue weighted by Crippen LogP contribution is 2.37. The summed E-state index contributed by atoms with van der Waals surface area (Å²) >= 11 is 0. The van der Waals surface area contributed by atoms with Gasteiger partial charge in [-0.15, -0.1) is 0 Å². The van der Waals surface area contributed by atoms with Crippen LogP contribution in [0, 0.1) is 0 Å². The summed E-state index contributed by atoms with van der Waals surface area (Å²) in [5.41, 5.74) is 6.45. The van der Waals surface area contributed by atoms with Gasteiger partial charge in [-0.3, -0.25) is 9.59 Å². The van der Waals surface area contributed by atoms with Crippen LogP contribution in [0.3, 0.4) is 0 Å². The number of piperazine rings is 1. The number of anilines is 1. The Morgan fingerprint density at radius 1 is 0.966 bits per heavy atom. The lowest BCUT2D eigenvalue weighted by Gasteiger charge is -2.43. The molecule has 2 N–H and O–H groups in total. The van der Waals surface area contributed by atoms with E-state index in [2.05, 4.69) is 4.98 Å². The summed E-state index contributed by atoms with van der Waals surface area (Å²) in [5.74, 6) is 0.274. The number of hydrogen-bond donors (Lipinski definition) is 1. The minimum absolute atomic E-state index is 0.169. The van der Waals surface area contributed by atoms with Crippen molar-refractivity contribution in [3.8, 4) is 0 Å². The van der Waals surface area contributed by atoms with E-state index >= 15 is 0 Å². The zero-order chi connectivity index (χ0) is 20.3. The van der Waals surface area contributed by atoms with Gasteiger partial charge in [-0.05, 0) is 30.5 Å². The molecule has 29 heavy (non-hydrogen) atoms. The normalized spacial score (nSPS) is 19.0. The molecule has 0 bridgehead atoms. The van der Waals surface area contributed by atoms with Crippen LogP contribution in [0.15, 0.2) is 48.7 Å². The van der Waals surface area contributed by atoms with E-state index in [1.54, 1.807) is 18.3 Å². The average molecular weight is 394 g/mol. The van der Waals surface area contributed by atoms with Gasteiger partial charge in [0.25, 0.3) is 5.91 Å². The first-order valence-corrected chi connectivity index (χ1v) is 10.0. The number of amides is 2. The molecule has 2 aliphatic heterocycles. The number of hydrogen-bond acceptors (Lipinski definition) is 5. The number of aromatic nitrogens is 1. The van der Waals surface area contributed by atoms with Gasteiger partial charge in [0.05, 0.1) is 11.0 Å². The standard InChI is InChI=1S/C22H26N4O3/c23-19(27)18-7-4-10-24-20(18)25-11-13-26(14-12-25)21(28)22(8-15-29-16-9-22)17-5-2-1-3-6-17/h1-7,10H,8-9,11-16H2,(H2,23,27). The lowest BCUT2D eigenvalue weighted by molar-refractivity contribution is -0.141. The number of nitrogens with two attached hydrogens (primary N) is 1. The van der Waals surface area contributed by atoms with Gasteiger partial charge < -0.3 is 20.3 Å². The second-order valence-electron chi connectivity index (χ2n) is 7.58. The molecular formula is C22H26N4O3. The smallest absolute Gasteiger partial charge is 0.252 e. The first-order chi connectivity index (χ1) is 14.1. The van der Waals surface area contributed by atoms with Crippen LogP contribution in [0.1, 0.15) is 28.8 Å². The van der Waals surface area contributed by atoms with Crippen molar-refractivity contribution < 1.29 is 14.3 Å². The number of primary amides is 1. The van der Waals surface area contributed by atoms with Gasteiger partial charge in [0.1, 0.15) is 5.82 Å². The fourth-order valence-electron chi connectivity index (χ4n) is 4.37. The molecular weight excluding hydrogens is 368 g/mol. The van der Waals surface area contributed by atoms with Crippen molar-refractivity contribution >= 4 is 17.6 Å². The van der Waals surface area contributed by atoms with Crippen LogP contribution in [0.2, 0.25) is 0 Å². The third-order valence-electron chi connectivity index (χ3n) is 6.00. The molecule has 1 aromatic heterocycles. The first kappa shape index (κ1) is 19.4. The summed E-state index contributed by atoms with van der Waals surface area (Å²) in [6.45, 7) is 3.59. The number of nitrogens with zero attached hydrogens (tertiary/aromatic N) is 3. The lowest BCUT2D eigenvalue weighted by Crippen LogP contribution is -2.56. The molecule has 1 aromatic carbocycles. The Hall–Kier alpha value is -2.93. The molecule has 4 rings (SSSR count). The number of ether oxygens (including phenoxy) is 1. The number of carbonyl (C=O) groups is 2. The number of rotatable bonds is 4. The van der Waals surface area contributed by atoms with Crippen LogP contribution in [0.25, 0.3) is 0 Å². The molecule has 0 spiro atoms. The van der Waals surface area contributed by atoms with Crippen LogP contribution in [-0.4, -0.2) is 61.1 Å². The predicted molar refractivity (Wildman–Crippen MR) is 110 cm³/mol. The van der Waals surface area contributed by atoms with Crippen LogP contribution < -0.4 is 10.6 Å². The van der Waals surface area contributed by atoms with E-state index in [0.29, 0.717) is 63.6 Å². The summed E-state index contributed by atoms with van der Waals surface area (Å²) in [6.07, 6.45) is 3.05. The highest BCUT2D eigenvalue weighted by atomic mass is 16.5. The van der Waals surface area contributed by atoms with E-state index in [9.17, 15) is 9.59 Å². The van der Waals surface area contributed by atoms with Gasteiger partial charge >= 0.3 is 0 Å².